The predicted molar refractivity (Wildman–Crippen MR) is 158 cm³/mol. The largest absolute Gasteiger partial charge is 0.491 e. The van der Waals surface area contributed by atoms with Gasteiger partial charge in [0.15, 0.2) is 0 Å². The highest BCUT2D eigenvalue weighted by atomic mass is 16.5. The normalized spacial score (nSPS) is 17.8. The maximum atomic E-state index is 14.2. The minimum absolute atomic E-state index is 0.0103. The Hall–Kier alpha value is -3.81. The van der Waals surface area contributed by atoms with Gasteiger partial charge in [-0.15, -0.1) is 0 Å². The molecule has 2 saturated carbocycles. The lowest BCUT2D eigenvalue weighted by Crippen LogP contribution is -2.53. The molecular formula is C34H38N3O4+. The van der Waals surface area contributed by atoms with E-state index in [2.05, 4.69) is 47.4 Å². The molecular weight excluding hydrogens is 514 g/mol. The Morgan fingerprint density at radius 1 is 0.976 bits per heavy atom. The number of rotatable bonds is 10. The van der Waals surface area contributed by atoms with Crippen molar-refractivity contribution < 1.29 is 24.2 Å². The number of likely N-dealkylation sites (N-methyl/N-ethyl adjacent to an activating group) is 1. The SMILES string of the molecule is C[N+](CCO)(C(=O)c1nc(CC2(c3cccc4ccccc34)CCCC2)nc(O)c1OCc1ccccc1)C1CC1. The van der Waals surface area contributed by atoms with Crippen LogP contribution < -0.4 is 4.74 Å². The van der Waals surface area contributed by atoms with Crippen LogP contribution >= 0.6 is 0 Å². The quantitative estimate of drug-likeness (QED) is 0.245. The molecule has 0 aliphatic heterocycles. The lowest BCUT2D eigenvalue weighted by Gasteiger charge is -2.32. The zero-order chi connectivity index (χ0) is 28.5. The van der Waals surface area contributed by atoms with Crippen molar-refractivity contribution in [2.45, 2.75) is 63.0 Å². The number of nitrogens with zero attached hydrogens (tertiary/aromatic N) is 3. The molecule has 2 N–H and O–H groups in total. The summed E-state index contributed by atoms with van der Waals surface area (Å²) in [4.78, 5) is 23.6. The average molecular weight is 553 g/mol. The molecule has 1 unspecified atom stereocenters. The molecule has 1 heterocycles. The first kappa shape index (κ1) is 27.4. The highest BCUT2D eigenvalue weighted by Crippen LogP contribution is 2.46. The number of amides is 1. The van der Waals surface area contributed by atoms with Gasteiger partial charge in [0.2, 0.25) is 11.4 Å². The van der Waals surface area contributed by atoms with E-state index in [0.29, 0.717) is 12.2 Å². The number of aliphatic hydroxyl groups is 1. The summed E-state index contributed by atoms with van der Waals surface area (Å²) in [7, 11) is 1.85. The molecule has 0 saturated heterocycles. The third-order valence-corrected chi connectivity index (χ3v) is 9.12. The van der Waals surface area contributed by atoms with Crippen molar-refractivity contribution in [1.29, 1.82) is 0 Å². The van der Waals surface area contributed by atoms with Crippen molar-refractivity contribution >= 4 is 16.7 Å². The summed E-state index contributed by atoms with van der Waals surface area (Å²) >= 11 is 0. The minimum Gasteiger partial charge on any atom is -0.491 e. The Labute approximate surface area is 241 Å². The van der Waals surface area contributed by atoms with E-state index in [9.17, 15) is 15.0 Å². The number of hydrogen-bond acceptors (Lipinski definition) is 6. The molecule has 2 aliphatic carbocycles. The van der Waals surface area contributed by atoms with Crippen LogP contribution in [-0.2, 0) is 18.4 Å². The standard InChI is InChI=1S/C34H37N3O4/c1-37(20-21-38,26-16-17-26)33(40)30-31(41-23-24-10-3-2-4-11-24)32(39)36-29(35-30)22-34(18-7-8-19-34)28-15-9-13-25-12-5-6-14-27(25)28/h2-6,9-15,26,38H,7-8,16-23H2,1H3/p+1. The highest BCUT2D eigenvalue weighted by molar-refractivity contribution is 5.91. The number of carbonyl (C=O) groups excluding carboxylic acids is 1. The number of carbonyl (C=O) groups is 1. The van der Waals surface area contributed by atoms with Crippen LogP contribution in [0.5, 0.6) is 11.6 Å². The zero-order valence-electron chi connectivity index (χ0n) is 23.6. The number of ether oxygens (including phenoxy) is 1. The number of aromatic hydroxyl groups is 1. The van der Waals surface area contributed by atoms with Crippen LogP contribution in [0.1, 0.15) is 66.0 Å². The number of benzene rings is 3. The fourth-order valence-corrected chi connectivity index (χ4v) is 6.70. The van der Waals surface area contributed by atoms with Gasteiger partial charge in [-0.05, 0) is 34.7 Å². The van der Waals surface area contributed by atoms with E-state index >= 15 is 0 Å². The lowest BCUT2D eigenvalue weighted by molar-refractivity contribution is -0.840. The summed E-state index contributed by atoms with van der Waals surface area (Å²) in [5.74, 6) is -0.115. The van der Waals surface area contributed by atoms with Gasteiger partial charge in [-0.2, -0.15) is 4.98 Å². The molecule has 7 heteroatoms. The van der Waals surface area contributed by atoms with Gasteiger partial charge in [0.25, 0.3) is 5.88 Å². The second-order valence-corrected chi connectivity index (χ2v) is 11.9. The van der Waals surface area contributed by atoms with Gasteiger partial charge in [0, 0.05) is 24.7 Å². The zero-order valence-corrected chi connectivity index (χ0v) is 23.6. The van der Waals surface area contributed by atoms with Crippen LogP contribution in [0.4, 0.5) is 0 Å². The Morgan fingerprint density at radius 3 is 2.41 bits per heavy atom. The van der Waals surface area contributed by atoms with E-state index in [-0.39, 0.29) is 58.9 Å². The van der Waals surface area contributed by atoms with E-state index in [1.807, 2.05) is 37.4 Å². The molecule has 1 aromatic heterocycles. The van der Waals surface area contributed by atoms with Gasteiger partial charge in [0.05, 0.1) is 19.7 Å². The molecule has 0 spiro atoms. The number of hydrogen-bond donors (Lipinski definition) is 2. The van der Waals surface area contributed by atoms with Crippen molar-refractivity contribution in [3.63, 3.8) is 0 Å². The molecule has 1 atom stereocenters. The van der Waals surface area contributed by atoms with Crippen molar-refractivity contribution in [3.05, 3.63) is 95.4 Å². The number of aliphatic hydroxyl groups excluding tert-OH is 1. The van der Waals surface area contributed by atoms with Gasteiger partial charge >= 0.3 is 5.91 Å². The van der Waals surface area contributed by atoms with E-state index in [0.717, 1.165) is 44.1 Å². The third-order valence-electron chi connectivity index (χ3n) is 9.12. The monoisotopic (exact) mass is 552 g/mol. The molecule has 2 aliphatic rings. The van der Waals surface area contributed by atoms with Gasteiger partial charge in [-0.25, -0.2) is 9.78 Å². The molecule has 2 fully saturated rings. The number of fused-ring (bicyclic) bond motifs is 1. The molecule has 6 rings (SSSR count). The Morgan fingerprint density at radius 2 is 1.68 bits per heavy atom. The van der Waals surface area contributed by atoms with Gasteiger partial charge in [0.1, 0.15) is 19.0 Å². The van der Waals surface area contributed by atoms with Gasteiger partial charge in [-0.3, -0.25) is 4.48 Å². The van der Waals surface area contributed by atoms with Gasteiger partial charge in [-0.1, -0.05) is 85.6 Å². The molecule has 1 amide bonds. The average Bonchev–Trinajstić information content (AvgIpc) is 3.76. The van der Waals surface area contributed by atoms with Crippen molar-refractivity contribution in [1.82, 2.24) is 9.97 Å². The molecule has 0 bridgehead atoms. The summed E-state index contributed by atoms with van der Waals surface area (Å²) in [6.45, 7) is 0.333. The highest BCUT2D eigenvalue weighted by Gasteiger charge is 2.49. The van der Waals surface area contributed by atoms with Crippen LogP contribution in [-0.4, -0.2) is 56.8 Å². The molecule has 4 aromatic rings. The Bertz CT molecular complexity index is 1540. The minimum atomic E-state index is -0.313. The fraction of sp³-hybridized carbons (Fsp3) is 0.382. The first-order chi connectivity index (χ1) is 19.9. The Kier molecular flexibility index (Phi) is 7.49. The summed E-state index contributed by atoms with van der Waals surface area (Å²) in [5.41, 5.74) is 2.08. The molecule has 0 radical (unpaired) electrons. The van der Waals surface area contributed by atoms with Crippen LogP contribution in [0, 0.1) is 0 Å². The third kappa shape index (κ3) is 5.32. The van der Waals surface area contributed by atoms with Crippen molar-refractivity contribution in [3.8, 4) is 11.6 Å². The summed E-state index contributed by atoms with van der Waals surface area (Å²) < 4.78 is 6.10. The number of quaternary nitrogens is 1. The van der Waals surface area contributed by atoms with Crippen LogP contribution in [0.15, 0.2) is 72.8 Å². The van der Waals surface area contributed by atoms with E-state index in [4.69, 9.17) is 9.72 Å². The summed E-state index contributed by atoms with van der Waals surface area (Å²) in [6, 6.07) is 24.6. The first-order valence-corrected chi connectivity index (χ1v) is 14.7. The summed E-state index contributed by atoms with van der Waals surface area (Å²) in [5, 5.41) is 23.5. The predicted octanol–water partition coefficient (Wildman–Crippen LogP) is 5.71. The van der Waals surface area contributed by atoms with Crippen molar-refractivity contribution in [2.75, 3.05) is 20.2 Å². The fourth-order valence-electron chi connectivity index (χ4n) is 6.70. The van der Waals surface area contributed by atoms with Crippen molar-refractivity contribution in [2.24, 2.45) is 0 Å². The smallest absolute Gasteiger partial charge is 0.368 e. The van der Waals surface area contributed by atoms with Gasteiger partial charge < -0.3 is 14.9 Å². The molecule has 41 heavy (non-hydrogen) atoms. The van der Waals surface area contributed by atoms with E-state index in [1.165, 1.54) is 16.3 Å². The second-order valence-electron chi connectivity index (χ2n) is 11.9. The maximum Gasteiger partial charge on any atom is 0.368 e. The van der Waals surface area contributed by atoms with E-state index in [1.54, 1.807) is 0 Å². The molecule has 3 aromatic carbocycles. The van der Waals surface area contributed by atoms with Crippen LogP contribution in [0.3, 0.4) is 0 Å². The first-order valence-electron chi connectivity index (χ1n) is 14.7. The maximum absolute atomic E-state index is 14.2. The van der Waals surface area contributed by atoms with E-state index < -0.39 is 0 Å². The lowest BCUT2D eigenvalue weighted by atomic mass is 9.74. The molecule has 212 valence electrons. The topological polar surface area (TPSA) is 92.5 Å². The summed E-state index contributed by atoms with van der Waals surface area (Å²) in [6.07, 6.45) is 6.52. The number of aromatic nitrogens is 2. The molecule has 7 nitrogen and oxygen atoms in total. The van der Waals surface area contributed by atoms with Crippen LogP contribution in [0.2, 0.25) is 0 Å². The second kappa shape index (κ2) is 11.2. The Balaban J connectivity index is 1.42. The van der Waals surface area contributed by atoms with Crippen LogP contribution in [0.25, 0.3) is 10.8 Å².